The Kier molecular flexibility index (Phi) is 6.07. The van der Waals surface area contributed by atoms with Crippen molar-refractivity contribution in [3.63, 3.8) is 0 Å². The molecule has 1 rings (SSSR count). The lowest BCUT2D eigenvalue weighted by molar-refractivity contribution is 0.0504. The summed E-state index contributed by atoms with van der Waals surface area (Å²) in [4.78, 5) is 2.49. The zero-order chi connectivity index (χ0) is 15.5. The van der Waals surface area contributed by atoms with Gasteiger partial charge in [-0.3, -0.25) is 4.90 Å². The number of hydrogen-bond donors (Lipinski definition) is 0. The topological polar surface area (TPSA) is 27.0 Å². The second kappa shape index (κ2) is 6.94. The minimum Gasteiger partial charge on any atom is -0.299 e. The maximum absolute atomic E-state index is 9.49. The molecular weight excluding hydrogens is 244 g/mol. The lowest BCUT2D eigenvalue weighted by Gasteiger charge is -2.45. The van der Waals surface area contributed by atoms with Crippen LogP contribution in [0.5, 0.6) is 0 Å². The molecule has 1 aliphatic rings. The molecule has 0 spiro atoms. The van der Waals surface area contributed by atoms with Gasteiger partial charge in [0.1, 0.15) is 0 Å². The summed E-state index contributed by atoms with van der Waals surface area (Å²) < 4.78 is 0. The van der Waals surface area contributed by atoms with Gasteiger partial charge in [-0.15, -0.1) is 0 Å². The van der Waals surface area contributed by atoms with E-state index in [-0.39, 0.29) is 5.92 Å². The minimum atomic E-state index is 0.216. The summed E-state index contributed by atoms with van der Waals surface area (Å²) in [7, 11) is 2.23. The van der Waals surface area contributed by atoms with Crippen LogP contribution >= 0.6 is 0 Å². The van der Waals surface area contributed by atoms with E-state index in [0.29, 0.717) is 17.5 Å². The molecular formula is C18H34N2. The molecule has 1 fully saturated rings. The first kappa shape index (κ1) is 17.5. The first-order valence-corrected chi connectivity index (χ1v) is 8.28. The molecule has 0 saturated heterocycles. The molecule has 116 valence electrons. The summed E-state index contributed by atoms with van der Waals surface area (Å²) >= 11 is 0. The highest BCUT2D eigenvalue weighted by Crippen LogP contribution is 2.41. The van der Waals surface area contributed by atoms with Crippen LogP contribution in [-0.4, -0.2) is 24.0 Å². The molecule has 0 amide bonds. The first-order valence-electron chi connectivity index (χ1n) is 8.28. The van der Waals surface area contributed by atoms with Gasteiger partial charge < -0.3 is 0 Å². The molecule has 0 aliphatic heterocycles. The standard InChI is InChI=1S/C18H34N2/c1-13(2)10-14(3)20(7)17-11-16(18(4,5)6)9-8-15(17)12-19/h13-17H,8-11H2,1-7H3. The normalized spacial score (nSPS) is 29.5. The van der Waals surface area contributed by atoms with Crippen LogP contribution in [0.1, 0.15) is 67.2 Å². The molecule has 20 heavy (non-hydrogen) atoms. The van der Waals surface area contributed by atoms with Gasteiger partial charge in [-0.25, -0.2) is 0 Å². The Bertz CT molecular complexity index is 334. The monoisotopic (exact) mass is 278 g/mol. The third kappa shape index (κ3) is 4.48. The summed E-state index contributed by atoms with van der Waals surface area (Å²) in [6, 6.07) is 3.57. The van der Waals surface area contributed by atoms with Crippen molar-refractivity contribution in [1.29, 1.82) is 5.26 Å². The third-order valence-corrected chi connectivity index (χ3v) is 5.24. The predicted molar refractivity (Wildman–Crippen MR) is 86.4 cm³/mol. The van der Waals surface area contributed by atoms with Gasteiger partial charge in [0.05, 0.1) is 12.0 Å². The number of nitrogens with zero attached hydrogens (tertiary/aromatic N) is 2. The van der Waals surface area contributed by atoms with Crippen LogP contribution in [0.2, 0.25) is 0 Å². The Morgan fingerprint density at radius 1 is 1.20 bits per heavy atom. The fourth-order valence-corrected chi connectivity index (χ4v) is 3.71. The van der Waals surface area contributed by atoms with Crippen molar-refractivity contribution >= 4 is 0 Å². The Morgan fingerprint density at radius 3 is 2.25 bits per heavy atom. The summed E-state index contributed by atoms with van der Waals surface area (Å²) in [6.07, 6.45) is 4.68. The fraction of sp³-hybridized carbons (Fsp3) is 0.944. The second-order valence-corrected chi connectivity index (χ2v) is 8.32. The maximum atomic E-state index is 9.49. The van der Waals surface area contributed by atoms with Crippen LogP contribution in [0.3, 0.4) is 0 Å². The van der Waals surface area contributed by atoms with Crippen LogP contribution in [0.15, 0.2) is 0 Å². The Hall–Kier alpha value is -0.550. The first-order chi connectivity index (χ1) is 9.16. The summed E-state index contributed by atoms with van der Waals surface area (Å²) in [6.45, 7) is 13.9. The second-order valence-electron chi connectivity index (χ2n) is 8.32. The third-order valence-electron chi connectivity index (χ3n) is 5.24. The number of nitriles is 1. The van der Waals surface area contributed by atoms with Gasteiger partial charge >= 0.3 is 0 Å². The van der Waals surface area contributed by atoms with Crippen LogP contribution in [-0.2, 0) is 0 Å². The molecule has 0 aromatic carbocycles. The van der Waals surface area contributed by atoms with Gasteiger partial charge in [0.15, 0.2) is 0 Å². The lowest BCUT2D eigenvalue weighted by atomic mass is 9.67. The molecule has 4 atom stereocenters. The molecule has 0 N–H and O–H groups in total. The molecule has 0 bridgehead atoms. The van der Waals surface area contributed by atoms with E-state index in [9.17, 15) is 5.26 Å². The molecule has 0 aromatic rings. The van der Waals surface area contributed by atoms with Gasteiger partial charge in [0, 0.05) is 12.1 Å². The van der Waals surface area contributed by atoms with Gasteiger partial charge in [0.25, 0.3) is 0 Å². The zero-order valence-corrected chi connectivity index (χ0v) is 14.6. The van der Waals surface area contributed by atoms with Crippen molar-refractivity contribution in [2.24, 2.45) is 23.2 Å². The van der Waals surface area contributed by atoms with E-state index in [1.54, 1.807) is 0 Å². The fourth-order valence-electron chi connectivity index (χ4n) is 3.71. The molecule has 0 aromatic heterocycles. The highest BCUT2D eigenvalue weighted by atomic mass is 15.2. The van der Waals surface area contributed by atoms with E-state index in [0.717, 1.165) is 18.3 Å². The summed E-state index contributed by atoms with van der Waals surface area (Å²) in [5, 5.41) is 9.49. The molecule has 1 saturated carbocycles. The predicted octanol–water partition coefficient (Wildman–Crippen LogP) is 4.71. The lowest BCUT2D eigenvalue weighted by Crippen LogP contribution is -2.48. The van der Waals surface area contributed by atoms with Crippen molar-refractivity contribution in [3.8, 4) is 6.07 Å². The van der Waals surface area contributed by atoms with E-state index in [2.05, 4.69) is 59.6 Å². The highest BCUT2D eigenvalue weighted by Gasteiger charge is 2.38. The van der Waals surface area contributed by atoms with Gasteiger partial charge in [-0.05, 0) is 56.9 Å². The highest BCUT2D eigenvalue weighted by molar-refractivity contribution is 4.99. The van der Waals surface area contributed by atoms with Gasteiger partial charge in [-0.1, -0.05) is 34.6 Å². The number of rotatable bonds is 4. The molecule has 0 radical (unpaired) electrons. The average Bonchev–Trinajstić information content (AvgIpc) is 2.35. The molecule has 4 unspecified atom stereocenters. The van der Waals surface area contributed by atoms with Crippen LogP contribution in [0.25, 0.3) is 0 Å². The molecule has 0 heterocycles. The van der Waals surface area contributed by atoms with Gasteiger partial charge in [-0.2, -0.15) is 5.26 Å². The van der Waals surface area contributed by atoms with Crippen LogP contribution in [0, 0.1) is 34.5 Å². The molecule has 1 aliphatic carbocycles. The van der Waals surface area contributed by atoms with E-state index < -0.39 is 0 Å². The summed E-state index contributed by atoms with van der Waals surface area (Å²) in [5.41, 5.74) is 0.362. The van der Waals surface area contributed by atoms with Crippen molar-refractivity contribution in [2.75, 3.05) is 7.05 Å². The van der Waals surface area contributed by atoms with Crippen molar-refractivity contribution in [1.82, 2.24) is 4.90 Å². The maximum Gasteiger partial charge on any atom is 0.0672 e. The zero-order valence-electron chi connectivity index (χ0n) is 14.6. The van der Waals surface area contributed by atoms with E-state index >= 15 is 0 Å². The Labute approximate surface area is 126 Å². The largest absolute Gasteiger partial charge is 0.299 e. The van der Waals surface area contributed by atoms with Crippen LogP contribution < -0.4 is 0 Å². The molecule has 2 heteroatoms. The quantitative estimate of drug-likeness (QED) is 0.745. The van der Waals surface area contributed by atoms with Crippen molar-refractivity contribution in [3.05, 3.63) is 0 Å². The number of hydrogen-bond acceptors (Lipinski definition) is 2. The van der Waals surface area contributed by atoms with E-state index in [1.165, 1.54) is 19.3 Å². The van der Waals surface area contributed by atoms with Crippen molar-refractivity contribution < 1.29 is 0 Å². The minimum absolute atomic E-state index is 0.216. The average molecular weight is 278 g/mol. The smallest absolute Gasteiger partial charge is 0.0672 e. The van der Waals surface area contributed by atoms with Crippen LogP contribution in [0.4, 0.5) is 0 Å². The van der Waals surface area contributed by atoms with E-state index in [1.807, 2.05) is 0 Å². The van der Waals surface area contributed by atoms with Gasteiger partial charge in [0.2, 0.25) is 0 Å². The van der Waals surface area contributed by atoms with E-state index in [4.69, 9.17) is 0 Å². The Morgan fingerprint density at radius 2 is 1.80 bits per heavy atom. The molecule has 2 nitrogen and oxygen atoms in total. The summed E-state index contributed by atoms with van der Waals surface area (Å²) in [5.74, 6) is 1.68. The SMILES string of the molecule is CC(C)CC(C)N(C)C1CC(C(C)(C)C)CCC1C#N. The van der Waals surface area contributed by atoms with Crippen molar-refractivity contribution in [2.45, 2.75) is 79.3 Å². The Balaban J connectivity index is 2.79.